The van der Waals surface area contributed by atoms with E-state index in [2.05, 4.69) is 10.6 Å². The van der Waals surface area contributed by atoms with Crippen LogP contribution >= 0.6 is 0 Å². The van der Waals surface area contributed by atoms with Crippen molar-refractivity contribution < 1.29 is 18.4 Å². The zero-order chi connectivity index (χ0) is 32.5. The molecule has 0 aliphatic heterocycles. The van der Waals surface area contributed by atoms with Gasteiger partial charge in [0.1, 0.15) is 5.82 Å². The second-order valence-electron chi connectivity index (χ2n) is 9.73. The number of nitrogens with one attached hydrogen (secondary N) is 2. The van der Waals surface area contributed by atoms with Crippen LogP contribution in [0.4, 0.5) is 14.5 Å². The summed E-state index contributed by atoms with van der Waals surface area (Å²) in [4.78, 5) is 26.3. The lowest BCUT2D eigenvalue weighted by molar-refractivity contribution is -0.115. The predicted octanol–water partition coefficient (Wildman–Crippen LogP) is 9.92. The minimum absolute atomic E-state index is 0.0779. The molecule has 43 heavy (non-hydrogen) atoms. The van der Waals surface area contributed by atoms with Gasteiger partial charge in [0.15, 0.2) is 5.78 Å². The van der Waals surface area contributed by atoms with Gasteiger partial charge in [-0.05, 0) is 84.3 Å². The van der Waals surface area contributed by atoms with E-state index in [1.807, 2.05) is 91.8 Å². The maximum atomic E-state index is 13.7. The second kappa shape index (κ2) is 19.4. The third-order valence-corrected chi connectivity index (χ3v) is 7.08. The van der Waals surface area contributed by atoms with E-state index in [9.17, 15) is 18.4 Å². The molecule has 6 heteroatoms. The Labute approximate surface area is 258 Å². The van der Waals surface area contributed by atoms with Crippen LogP contribution < -0.4 is 10.6 Å². The number of aryl methyl sites for hydroxylation is 1. The lowest BCUT2D eigenvalue weighted by Gasteiger charge is -2.20. The van der Waals surface area contributed by atoms with Crippen molar-refractivity contribution in [3.8, 4) is 11.1 Å². The van der Waals surface area contributed by atoms with Gasteiger partial charge >= 0.3 is 0 Å². The molecular weight excluding hydrogens is 542 g/mol. The predicted molar refractivity (Wildman–Crippen MR) is 180 cm³/mol. The maximum Gasteiger partial charge on any atom is 0.251 e. The van der Waals surface area contributed by atoms with Crippen molar-refractivity contribution in [2.45, 2.75) is 74.7 Å². The van der Waals surface area contributed by atoms with Crippen molar-refractivity contribution in [3.63, 3.8) is 0 Å². The average Bonchev–Trinajstić information content (AvgIpc) is 3.05. The topological polar surface area (TPSA) is 58.2 Å². The maximum absolute atomic E-state index is 13.7. The van der Waals surface area contributed by atoms with Crippen LogP contribution in [0.15, 0.2) is 60.7 Å². The van der Waals surface area contributed by atoms with Gasteiger partial charge in [-0.1, -0.05) is 78.8 Å². The van der Waals surface area contributed by atoms with E-state index in [0.717, 1.165) is 45.5 Å². The molecule has 0 spiro atoms. The van der Waals surface area contributed by atoms with E-state index < -0.39 is 6.67 Å². The Kier molecular flexibility index (Phi) is 16.8. The van der Waals surface area contributed by atoms with Crippen molar-refractivity contribution in [1.29, 1.82) is 0 Å². The number of likely N-dealkylation sites (N-methyl/N-ethyl adjacent to an activating group) is 1. The van der Waals surface area contributed by atoms with Gasteiger partial charge in [-0.2, -0.15) is 0 Å². The first-order valence-electron chi connectivity index (χ1n) is 15.6. The summed E-state index contributed by atoms with van der Waals surface area (Å²) >= 11 is 0. The van der Waals surface area contributed by atoms with Crippen molar-refractivity contribution in [3.05, 3.63) is 88.7 Å². The fraction of sp³-hybridized carbons (Fsp3) is 0.405. The Morgan fingerprint density at radius 3 is 2.12 bits per heavy atom. The molecule has 0 fully saturated rings. The summed E-state index contributed by atoms with van der Waals surface area (Å²) in [6.45, 7) is 15.8. The van der Waals surface area contributed by atoms with E-state index in [1.165, 1.54) is 12.1 Å². The van der Waals surface area contributed by atoms with Crippen molar-refractivity contribution in [1.82, 2.24) is 5.32 Å². The molecule has 0 saturated carbocycles. The highest BCUT2D eigenvalue weighted by Gasteiger charge is 2.22. The van der Waals surface area contributed by atoms with Gasteiger partial charge in [0, 0.05) is 36.3 Å². The molecule has 1 atom stereocenters. The summed E-state index contributed by atoms with van der Waals surface area (Å²) in [5, 5.41) is 6.12. The number of allylic oxidation sites excluding steroid dienone is 1. The fourth-order valence-corrected chi connectivity index (χ4v) is 4.69. The first-order chi connectivity index (χ1) is 20.7. The summed E-state index contributed by atoms with van der Waals surface area (Å²) in [6.07, 6.45) is 1.66. The molecule has 234 valence electrons. The molecule has 0 aromatic heterocycles. The molecule has 0 aliphatic rings. The van der Waals surface area contributed by atoms with Gasteiger partial charge in [0.05, 0.1) is 12.2 Å². The summed E-state index contributed by atoms with van der Waals surface area (Å²) in [5.74, 6) is -0.607. The second-order valence-corrected chi connectivity index (χ2v) is 9.73. The first kappa shape index (κ1) is 37.2. The van der Waals surface area contributed by atoms with Crippen LogP contribution in [0.3, 0.4) is 0 Å². The molecule has 0 saturated heterocycles. The highest BCUT2D eigenvalue weighted by atomic mass is 19.1. The fourth-order valence-electron chi connectivity index (χ4n) is 4.69. The van der Waals surface area contributed by atoms with Crippen molar-refractivity contribution in [2.24, 2.45) is 5.92 Å². The molecule has 0 heterocycles. The number of rotatable bonds is 12. The lowest BCUT2D eigenvalue weighted by atomic mass is 9.87. The van der Waals surface area contributed by atoms with Crippen LogP contribution in [-0.2, 0) is 4.79 Å². The Bertz CT molecular complexity index is 1350. The summed E-state index contributed by atoms with van der Waals surface area (Å²) in [5.41, 5.74) is 6.73. The number of carbonyl (C=O) groups is 2. The molecule has 4 nitrogen and oxygen atoms in total. The average molecular weight is 593 g/mol. The van der Waals surface area contributed by atoms with E-state index in [0.29, 0.717) is 30.5 Å². The Morgan fingerprint density at radius 2 is 1.56 bits per heavy atom. The number of halogens is 2. The molecule has 0 radical (unpaired) electrons. The molecule has 3 aromatic rings. The van der Waals surface area contributed by atoms with Crippen LogP contribution in [0.2, 0.25) is 0 Å². The van der Waals surface area contributed by atoms with Crippen molar-refractivity contribution in [2.75, 3.05) is 25.6 Å². The number of benzene rings is 3. The van der Waals surface area contributed by atoms with Crippen LogP contribution in [-0.4, -0.2) is 32.0 Å². The Hall–Kier alpha value is -3.80. The smallest absolute Gasteiger partial charge is 0.251 e. The molecule has 3 aromatic carbocycles. The standard InChI is InChI=1S/C33H38F2N2O2.2C2H6/c1-6-21(3)32(38)25-11-8-10-24(19-25)29-20-28(22(4)18-30(29)37-17-9-16-34)31(33(39)36-5)27(7-2)23-12-14-26(35)15-13-23;2*1-2/h8,10-15,18-21,37H,6-7,9,16-17H2,1-5H3,(H,36,39);2*1-2H3/b31-27-;;. The number of Topliss-reactive ketones (excluding diaryl/α,β-unsaturated/α-hetero) is 1. The zero-order valence-corrected chi connectivity index (χ0v) is 27.5. The SMILES string of the molecule is CC.CC.CC/C(=C(/C(=O)NC)c1cc(-c2cccc(C(=O)C(C)CC)c2)c(NCCCF)cc1C)c1ccc(F)cc1. The minimum atomic E-state index is -0.431. The molecule has 1 amide bonds. The van der Waals surface area contributed by atoms with Crippen LogP contribution in [0.1, 0.15) is 94.8 Å². The Morgan fingerprint density at radius 1 is 0.907 bits per heavy atom. The van der Waals surface area contributed by atoms with Crippen LogP contribution in [0.25, 0.3) is 22.3 Å². The molecular formula is C37H50F2N2O2. The van der Waals surface area contributed by atoms with Gasteiger partial charge < -0.3 is 10.6 Å². The summed E-state index contributed by atoms with van der Waals surface area (Å²) < 4.78 is 26.6. The largest absolute Gasteiger partial charge is 0.384 e. The molecule has 1 unspecified atom stereocenters. The highest BCUT2D eigenvalue weighted by molar-refractivity contribution is 6.27. The lowest BCUT2D eigenvalue weighted by Crippen LogP contribution is -2.21. The van der Waals surface area contributed by atoms with E-state index in [1.54, 1.807) is 19.2 Å². The molecule has 2 N–H and O–H groups in total. The number of carbonyl (C=O) groups excluding carboxylic acids is 2. The monoisotopic (exact) mass is 592 g/mol. The quantitative estimate of drug-likeness (QED) is 0.0952. The van der Waals surface area contributed by atoms with E-state index in [4.69, 9.17) is 0 Å². The Balaban J connectivity index is 0.00000221. The molecule has 3 rings (SSSR count). The number of amides is 1. The summed E-state index contributed by atoms with van der Waals surface area (Å²) in [6, 6.07) is 17.6. The number of anilines is 1. The van der Waals surface area contributed by atoms with Gasteiger partial charge in [-0.15, -0.1) is 0 Å². The third kappa shape index (κ3) is 9.87. The number of hydrogen-bond donors (Lipinski definition) is 2. The number of alkyl halides is 1. The van der Waals surface area contributed by atoms with Gasteiger partial charge in [0.25, 0.3) is 5.91 Å². The zero-order valence-electron chi connectivity index (χ0n) is 27.5. The van der Waals surface area contributed by atoms with Gasteiger partial charge in [0.2, 0.25) is 0 Å². The van der Waals surface area contributed by atoms with Gasteiger partial charge in [-0.3, -0.25) is 14.0 Å². The van der Waals surface area contributed by atoms with Crippen LogP contribution in [0, 0.1) is 18.7 Å². The van der Waals surface area contributed by atoms with E-state index >= 15 is 0 Å². The molecule has 0 bridgehead atoms. The highest BCUT2D eigenvalue weighted by Crippen LogP contribution is 2.38. The number of hydrogen-bond acceptors (Lipinski definition) is 3. The van der Waals surface area contributed by atoms with Crippen LogP contribution in [0.5, 0.6) is 0 Å². The summed E-state index contributed by atoms with van der Waals surface area (Å²) in [7, 11) is 1.59. The third-order valence-electron chi connectivity index (χ3n) is 7.08. The first-order valence-corrected chi connectivity index (χ1v) is 15.6. The van der Waals surface area contributed by atoms with Crippen molar-refractivity contribution >= 4 is 28.5 Å². The number of ketones is 1. The van der Waals surface area contributed by atoms with E-state index in [-0.39, 0.29) is 23.4 Å². The normalized spacial score (nSPS) is 11.6. The van der Waals surface area contributed by atoms with Gasteiger partial charge in [-0.25, -0.2) is 4.39 Å². The minimum Gasteiger partial charge on any atom is -0.384 e. The molecule has 0 aliphatic carbocycles.